The van der Waals surface area contributed by atoms with Gasteiger partial charge in [-0.05, 0) is 30.7 Å². The van der Waals surface area contributed by atoms with Crippen molar-refractivity contribution < 1.29 is 4.79 Å². The number of carbonyl (C=O) groups excluding carboxylic acids is 1. The fourth-order valence-corrected chi connectivity index (χ4v) is 2.30. The fourth-order valence-electron chi connectivity index (χ4n) is 2.30. The van der Waals surface area contributed by atoms with Gasteiger partial charge in [0.1, 0.15) is 5.82 Å². The molecule has 3 rings (SSSR count). The van der Waals surface area contributed by atoms with Crippen molar-refractivity contribution in [2.75, 3.05) is 11.9 Å². The molecule has 0 aliphatic heterocycles. The van der Waals surface area contributed by atoms with Crippen LogP contribution < -0.4 is 10.6 Å². The predicted molar refractivity (Wildman–Crippen MR) is 90.9 cm³/mol. The quantitative estimate of drug-likeness (QED) is 0.725. The number of benzene rings is 1. The van der Waals surface area contributed by atoms with Gasteiger partial charge in [0, 0.05) is 25.5 Å². The maximum absolute atomic E-state index is 11.7. The van der Waals surface area contributed by atoms with Gasteiger partial charge in [-0.3, -0.25) is 4.79 Å². The van der Waals surface area contributed by atoms with E-state index in [2.05, 4.69) is 25.8 Å². The largest absolute Gasteiger partial charge is 0.364 e. The summed E-state index contributed by atoms with van der Waals surface area (Å²) in [6.07, 6.45) is 5.41. The highest BCUT2D eigenvalue weighted by Gasteiger charge is 2.07. The number of imidazole rings is 1. The van der Waals surface area contributed by atoms with Crippen LogP contribution in [0.4, 0.5) is 5.82 Å². The number of carbonyl (C=O) groups is 1. The highest BCUT2D eigenvalue weighted by atomic mass is 16.1. The van der Waals surface area contributed by atoms with Crippen molar-refractivity contribution in [2.45, 2.75) is 13.5 Å². The van der Waals surface area contributed by atoms with Crippen molar-refractivity contribution in [3.63, 3.8) is 0 Å². The zero-order valence-electron chi connectivity index (χ0n) is 13.3. The Bertz CT molecular complexity index is 798. The summed E-state index contributed by atoms with van der Waals surface area (Å²) in [6, 6.07) is 11.4. The normalized spacial score (nSPS) is 10.4. The summed E-state index contributed by atoms with van der Waals surface area (Å²) < 4.78 is 1.96. The van der Waals surface area contributed by atoms with Crippen molar-refractivity contribution in [3.05, 3.63) is 66.4 Å². The average Bonchev–Trinajstić information content (AvgIpc) is 3.15. The predicted octanol–water partition coefficient (Wildman–Crippen LogP) is 2.02. The first-order valence-electron chi connectivity index (χ1n) is 7.70. The van der Waals surface area contributed by atoms with Crippen LogP contribution in [0.25, 0.3) is 5.69 Å². The monoisotopic (exact) mass is 322 g/mol. The highest BCUT2D eigenvalue weighted by molar-refractivity contribution is 5.92. The van der Waals surface area contributed by atoms with E-state index in [0.29, 0.717) is 24.6 Å². The molecule has 7 nitrogen and oxygen atoms in total. The van der Waals surface area contributed by atoms with Gasteiger partial charge in [0.25, 0.3) is 5.91 Å². The van der Waals surface area contributed by atoms with Crippen LogP contribution in [0.15, 0.2) is 55.1 Å². The Labute approximate surface area is 139 Å². The van der Waals surface area contributed by atoms with Crippen LogP contribution in [0, 0.1) is 0 Å². The minimum Gasteiger partial charge on any atom is -0.364 e. The molecule has 2 N–H and O–H groups in total. The van der Waals surface area contributed by atoms with Crippen LogP contribution in [-0.2, 0) is 6.54 Å². The molecule has 1 aromatic carbocycles. The molecule has 0 bridgehead atoms. The molecule has 0 fully saturated rings. The number of nitrogens with one attached hydrogen (secondary N) is 2. The van der Waals surface area contributed by atoms with Gasteiger partial charge in [-0.15, -0.1) is 10.2 Å². The van der Waals surface area contributed by atoms with E-state index >= 15 is 0 Å². The second-order valence-electron chi connectivity index (χ2n) is 5.12. The second kappa shape index (κ2) is 7.36. The molecule has 1 amide bonds. The average molecular weight is 322 g/mol. The first-order chi connectivity index (χ1) is 11.8. The SMILES string of the molecule is CCNC(=O)c1ccc(NCc2ccccc2-n2ccnc2)nn1. The summed E-state index contributed by atoms with van der Waals surface area (Å²) in [5.41, 5.74) is 2.46. The van der Waals surface area contributed by atoms with Crippen molar-refractivity contribution >= 4 is 11.7 Å². The summed E-state index contributed by atoms with van der Waals surface area (Å²) >= 11 is 0. The van der Waals surface area contributed by atoms with Crippen LogP contribution in [0.1, 0.15) is 23.0 Å². The van der Waals surface area contributed by atoms with Gasteiger partial charge in [-0.2, -0.15) is 0 Å². The van der Waals surface area contributed by atoms with Crippen LogP contribution in [0.3, 0.4) is 0 Å². The standard InChI is InChI=1S/C17H18N6O/c1-2-19-17(24)14-7-8-16(22-21-14)20-11-13-5-3-4-6-15(13)23-10-9-18-12-23/h3-10,12H,2,11H2,1H3,(H,19,24)(H,20,22). The van der Waals surface area contributed by atoms with E-state index in [0.717, 1.165) is 11.3 Å². The van der Waals surface area contributed by atoms with Crippen molar-refractivity contribution in [1.82, 2.24) is 25.1 Å². The molecular formula is C17H18N6O. The lowest BCUT2D eigenvalue weighted by atomic mass is 10.1. The van der Waals surface area contributed by atoms with E-state index < -0.39 is 0 Å². The Morgan fingerprint density at radius 1 is 1.17 bits per heavy atom. The molecule has 2 aromatic heterocycles. The number of amides is 1. The zero-order valence-corrected chi connectivity index (χ0v) is 13.3. The van der Waals surface area contributed by atoms with Gasteiger partial charge < -0.3 is 15.2 Å². The van der Waals surface area contributed by atoms with Gasteiger partial charge in [-0.25, -0.2) is 4.98 Å². The first-order valence-corrected chi connectivity index (χ1v) is 7.70. The first kappa shape index (κ1) is 15.7. The zero-order chi connectivity index (χ0) is 16.8. The lowest BCUT2D eigenvalue weighted by Gasteiger charge is -2.11. The molecule has 0 saturated carbocycles. The minimum atomic E-state index is -0.220. The summed E-state index contributed by atoms with van der Waals surface area (Å²) in [5, 5.41) is 13.9. The van der Waals surface area contributed by atoms with E-state index in [9.17, 15) is 4.79 Å². The van der Waals surface area contributed by atoms with Gasteiger partial charge in [0.05, 0.1) is 12.0 Å². The topological polar surface area (TPSA) is 84.7 Å². The Hall–Kier alpha value is -3.22. The van der Waals surface area contributed by atoms with E-state index in [1.807, 2.05) is 42.0 Å². The van der Waals surface area contributed by atoms with Crippen LogP contribution in [-0.4, -0.2) is 32.2 Å². The number of rotatable bonds is 6. The molecule has 0 aliphatic carbocycles. The maximum Gasteiger partial charge on any atom is 0.271 e. The molecule has 122 valence electrons. The molecule has 7 heteroatoms. The van der Waals surface area contributed by atoms with Gasteiger partial charge in [-0.1, -0.05) is 18.2 Å². The molecule has 2 heterocycles. The Morgan fingerprint density at radius 2 is 2.04 bits per heavy atom. The number of para-hydroxylation sites is 1. The van der Waals surface area contributed by atoms with E-state index in [4.69, 9.17) is 0 Å². The second-order valence-corrected chi connectivity index (χ2v) is 5.12. The minimum absolute atomic E-state index is 0.220. The number of hydrogen-bond acceptors (Lipinski definition) is 5. The lowest BCUT2D eigenvalue weighted by molar-refractivity contribution is 0.0950. The summed E-state index contributed by atoms with van der Waals surface area (Å²) in [6.45, 7) is 3.01. The van der Waals surface area contributed by atoms with Crippen LogP contribution >= 0.6 is 0 Å². The molecule has 0 saturated heterocycles. The molecule has 3 aromatic rings. The Balaban J connectivity index is 1.69. The smallest absolute Gasteiger partial charge is 0.271 e. The molecule has 0 spiro atoms. The van der Waals surface area contributed by atoms with E-state index in [1.54, 1.807) is 24.7 Å². The number of nitrogens with zero attached hydrogens (tertiary/aromatic N) is 4. The summed E-state index contributed by atoms with van der Waals surface area (Å²) in [5.74, 6) is 0.394. The van der Waals surface area contributed by atoms with Crippen molar-refractivity contribution in [1.29, 1.82) is 0 Å². The van der Waals surface area contributed by atoms with E-state index in [1.165, 1.54) is 0 Å². The summed E-state index contributed by atoms with van der Waals surface area (Å²) in [7, 11) is 0. The summed E-state index contributed by atoms with van der Waals surface area (Å²) in [4.78, 5) is 15.8. The van der Waals surface area contributed by atoms with E-state index in [-0.39, 0.29) is 5.91 Å². The van der Waals surface area contributed by atoms with Crippen LogP contribution in [0.2, 0.25) is 0 Å². The third-order valence-corrected chi connectivity index (χ3v) is 3.47. The van der Waals surface area contributed by atoms with Gasteiger partial charge in [0.2, 0.25) is 0 Å². The lowest BCUT2D eigenvalue weighted by Crippen LogP contribution is -2.24. The molecule has 0 unspecified atom stereocenters. The van der Waals surface area contributed by atoms with Crippen LogP contribution in [0.5, 0.6) is 0 Å². The molecule has 24 heavy (non-hydrogen) atoms. The number of aromatic nitrogens is 4. The number of anilines is 1. The maximum atomic E-state index is 11.7. The molecule has 0 radical (unpaired) electrons. The van der Waals surface area contributed by atoms with Crippen molar-refractivity contribution in [3.8, 4) is 5.69 Å². The molecule has 0 atom stereocenters. The van der Waals surface area contributed by atoms with Gasteiger partial charge in [0.15, 0.2) is 5.69 Å². The Morgan fingerprint density at radius 3 is 2.75 bits per heavy atom. The fraction of sp³-hybridized carbons (Fsp3) is 0.176. The third-order valence-electron chi connectivity index (χ3n) is 3.47. The molecule has 0 aliphatic rings. The third kappa shape index (κ3) is 3.57. The van der Waals surface area contributed by atoms with Crippen molar-refractivity contribution in [2.24, 2.45) is 0 Å². The highest BCUT2D eigenvalue weighted by Crippen LogP contribution is 2.15. The van der Waals surface area contributed by atoms with Gasteiger partial charge >= 0.3 is 0 Å². The Kier molecular flexibility index (Phi) is 4.81. The number of hydrogen-bond donors (Lipinski definition) is 2. The molecular weight excluding hydrogens is 304 g/mol.